The van der Waals surface area contributed by atoms with Crippen LogP contribution in [0.25, 0.3) is 85.7 Å². The molecule has 0 N–H and O–H groups in total. The van der Waals surface area contributed by atoms with Crippen LogP contribution in [-0.2, 0) is 0 Å². The number of halogens is 4. The molecule has 9 aromatic carbocycles. The summed E-state index contributed by atoms with van der Waals surface area (Å²) in [6.07, 6.45) is 39.2. The van der Waals surface area contributed by atoms with E-state index in [1.165, 1.54) is 139 Å². The van der Waals surface area contributed by atoms with Crippen molar-refractivity contribution in [1.82, 2.24) is 77.7 Å². The number of rotatable bonds is 15. The van der Waals surface area contributed by atoms with Gasteiger partial charge < -0.3 is 22.1 Å². The highest BCUT2D eigenvalue weighted by atomic mass is 127. The molecule has 5 atom stereocenters. The van der Waals surface area contributed by atoms with E-state index < -0.39 is 0 Å². The molecule has 26 nitrogen and oxygen atoms in total. The lowest BCUT2D eigenvalue weighted by Gasteiger charge is -2.14. The Bertz CT molecular complexity index is 7890. The molecule has 5 saturated carbocycles. The van der Waals surface area contributed by atoms with Crippen LogP contribution in [0.4, 0.5) is 4.39 Å². The quantitative estimate of drug-likeness (QED) is 0.0862. The first-order valence-corrected chi connectivity index (χ1v) is 52.7. The van der Waals surface area contributed by atoms with Gasteiger partial charge in [0.1, 0.15) is 65.9 Å². The SMILES string of the molecule is C[C@H]1N=C(c2ccccc2Br)c2cc(C3CC3)ccc2-n2cnc(-c3cnco3)c21.C[C@H]1N=C(c2ccccc2Cl)c2cc(C3CC3)ccc2-n2cnc(-c3cnco3)c21.C[C@H]1N=C(c2ccccc2F)c2cc(C3CC3)ccc2-n2cnc(-c3cnco3)c21.C[C@H]1N=C(c2ccccc2I)c2cc(C3CC3)ccc2-n2cnc(-c3cnco3)c21.C[C@H]1N=C(c2ccccn2)c2cc(C3CC3)ccc2-n2cnc(-c3cnco3)c21. The third-order valence-electron chi connectivity index (χ3n) is 29.3. The molecular formula is C119H95BrClFIN21O5. The minimum Gasteiger partial charge on any atom is -0.442 e. The highest BCUT2D eigenvalue weighted by Crippen LogP contribution is 2.51. The average molecular weight is 2160 g/mol. The topological polar surface area (TPSA) is 294 Å². The number of oxazole rings is 5. The number of nitrogens with zero attached hydrogens (tertiary/aromatic N) is 21. The third-order valence-corrected chi connectivity index (χ3v) is 31.2. The number of fused-ring (bicyclic) bond motifs is 15. The molecule has 10 aliphatic rings. The van der Waals surface area contributed by atoms with Crippen molar-refractivity contribution in [3.05, 3.63) is 438 Å². The first-order chi connectivity index (χ1) is 73.1. The van der Waals surface area contributed by atoms with Crippen LogP contribution < -0.4 is 0 Å². The molecule has 0 bridgehead atoms. The van der Waals surface area contributed by atoms with Crippen LogP contribution in [0, 0.1) is 9.39 Å². The summed E-state index contributed by atoms with van der Waals surface area (Å²) in [6, 6.07) is 70.2. The van der Waals surface area contributed by atoms with Gasteiger partial charge in [0.05, 0.1) is 152 Å². The van der Waals surface area contributed by atoms with Crippen molar-refractivity contribution in [2.24, 2.45) is 25.0 Å². The average Bonchev–Trinajstić information content (AvgIpc) is 1.61. The lowest BCUT2D eigenvalue weighted by molar-refractivity contribution is 0.568. The monoisotopic (exact) mass is 2160 g/mol. The summed E-state index contributed by atoms with van der Waals surface area (Å²) in [4.78, 5) is 73.9. The first kappa shape index (κ1) is 92.8. The fraction of sp³-hybridized carbons (Fsp3) is 0.210. The van der Waals surface area contributed by atoms with Crippen molar-refractivity contribution in [2.45, 2.75) is 159 Å². The Labute approximate surface area is 883 Å². The van der Waals surface area contributed by atoms with E-state index >= 15 is 0 Å². The molecule has 0 unspecified atom stereocenters. The summed E-state index contributed by atoms with van der Waals surface area (Å²) in [5, 5.41) is 0.700. The largest absolute Gasteiger partial charge is 0.442 e. The zero-order valence-corrected chi connectivity index (χ0v) is 86.2. The van der Waals surface area contributed by atoms with Crippen molar-refractivity contribution >= 4 is 78.7 Å². The van der Waals surface area contributed by atoms with Gasteiger partial charge in [-0.15, -0.1) is 0 Å². The van der Waals surface area contributed by atoms with Crippen molar-refractivity contribution in [1.29, 1.82) is 0 Å². The highest BCUT2D eigenvalue weighted by Gasteiger charge is 2.40. The second kappa shape index (κ2) is 38.7. The molecule has 0 amide bonds. The molecule has 734 valence electrons. The van der Waals surface area contributed by atoms with E-state index in [1.54, 1.807) is 49.4 Å². The van der Waals surface area contributed by atoms with E-state index in [2.05, 4.69) is 273 Å². The van der Waals surface area contributed by atoms with Gasteiger partial charge in [-0.3, -0.25) is 52.8 Å². The second-order valence-corrected chi connectivity index (χ2v) is 41.7. The van der Waals surface area contributed by atoms with Gasteiger partial charge in [-0.25, -0.2) is 54.2 Å². The van der Waals surface area contributed by atoms with Gasteiger partial charge >= 0.3 is 0 Å². The Hall–Kier alpha value is -16.0. The van der Waals surface area contributed by atoms with Gasteiger partial charge in [-0.1, -0.05) is 131 Å². The van der Waals surface area contributed by atoms with Crippen molar-refractivity contribution < 1.29 is 26.5 Å². The molecule has 149 heavy (non-hydrogen) atoms. The van der Waals surface area contributed by atoms with Crippen LogP contribution in [0.2, 0.25) is 5.02 Å². The third kappa shape index (κ3) is 17.6. The van der Waals surface area contributed by atoms with Gasteiger partial charge in [-0.2, -0.15) is 0 Å². The molecule has 0 saturated heterocycles. The van der Waals surface area contributed by atoms with Crippen LogP contribution in [0.3, 0.4) is 0 Å². The Morgan fingerprint density at radius 2 is 0.570 bits per heavy atom. The van der Waals surface area contributed by atoms with E-state index in [-0.39, 0.29) is 36.0 Å². The summed E-state index contributed by atoms with van der Waals surface area (Å²) >= 11 is 12.8. The van der Waals surface area contributed by atoms with Crippen LogP contribution in [-0.4, -0.2) is 106 Å². The van der Waals surface area contributed by atoms with Crippen molar-refractivity contribution in [3.8, 4) is 85.7 Å². The number of hydrogen-bond acceptors (Lipinski definition) is 21. The minimum absolute atomic E-state index is 0.0876. The molecule has 5 aliphatic carbocycles. The molecule has 16 heterocycles. The van der Waals surface area contributed by atoms with Crippen LogP contribution in [0.5, 0.6) is 0 Å². The molecule has 30 heteroatoms. The first-order valence-electron chi connectivity index (χ1n) is 50.5. The number of aromatic nitrogens is 16. The summed E-state index contributed by atoms with van der Waals surface area (Å²) < 4.78 is 55.5. The Balaban J connectivity index is 0.0000000941. The number of hydrogen-bond donors (Lipinski definition) is 0. The van der Waals surface area contributed by atoms with Crippen LogP contribution in [0.15, 0.2) is 359 Å². The van der Waals surface area contributed by atoms with E-state index in [1.807, 2.05) is 97.6 Å². The zero-order valence-electron chi connectivity index (χ0n) is 81.7. The second-order valence-electron chi connectivity index (χ2n) is 39.2. The lowest BCUT2D eigenvalue weighted by atomic mass is 9.96. The van der Waals surface area contributed by atoms with E-state index in [9.17, 15) is 4.39 Å². The maximum Gasteiger partial charge on any atom is 0.181 e. The van der Waals surface area contributed by atoms with Crippen molar-refractivity contribution in [2.75, 3.05) is 0 Å². The zero-order chi connectivity index (χ0) is 100. The van der Waals surface area contributed by atoms with Gasteiger partial charge in [0.2, 0.25) is 0 Å². The predicted octanol–water partition coefficient (Wildman–Crippen LogP) is 28.1. The molecule has 0 spiro atoms. The van der Waals surface area contributed by atoms with Gasteiger partial charge in [0, 0.05) is 69.3 Å². The summed E-state index contributed by atoms with van der Waals surface area (Å²) in [5.74, 6) is 6.19. The molecule has 11 aromatic heterocycles. The van der Waals surface area contributed by atoms with Gasteiger partial charge in [-0.05, 0) is 282 Å². The number of imidazole rings is 5. The molecule has 5 fully saturated rings. The predicted molar refractivity (Wildman–Crippen MR) is 581 cm³/mol. The van der Waals surface area contributed by atoms with E-state index in [0.717, 1.165) is 152 Å². The van der Waals surface area contributed by atoms with E-state index in [0.29, 0.717) is 80.4 Å². The number of benzene rings is 9. The van der Waals surface area contributed by atoms with Gasteiger partial charge in [0.25, 0.3) is 0 Å². The summed E-state index contributed by atoms with van der Waals surface area (Å²) in [5.41, 5.74) is 35.4. The Kier molecular flexibility index (Phi) is 24.1. The fourth-order valence-corrected chi connectivity index (χ4v) is 22.6. The molecule has 5 aliphatic heterocycles. The van der Waals surface area contributed by atoms with Gasteiger partial charge in [0.15, 0.2) is 60.8 Å². The number of pyridine rings is 1. The molecule has 30 rings (SSSR count). The normalized spacial score (nSPS) is 17.8. The molecule has 20 aromatic rings. The standard InChI is InChI=1S/C24H19BrN4O.C24H19ClN4O.C24H19FN4O.C24H19IN4O.C23H19N5O/c4*1-14-24-23(21-11-26-13-30-21)27-12-29(24)20-9-8-16(15-6-7-15)10-18(20)22(28-14)17-4-2-3-5-19(17)25;1-14-23-22(20-11-24-13-29-20)26-12-28(23)19-8-7-16(15-5-6-15)10-17(19)21(27-14)18-4-2-3-9-25-18/h4*2-5,8-15H,6-7H2,1H3;2-4,7-15H,5-6H2,1H3/t5*14-/m11111/s1. The summed E-state index contributed by atoms with van der Waals surface area (Å²) in [7, 11) is 0. The fourth-order valence-electron chi connectivity index (χ4n) is 21.3. The Morgan fingerprint density at radius 1 is 0.295 bits per heavy atom. The minimum atomic E-state index is -0.272. The number of aliphatic imine (C=N–C) groups is 5. The smallest absolute Gasteiger partial charge is 0.181 e. The molecular weight excluding hydrogens is 2060 g/mol. The highest BCUT2D eigenvalue weighted by molar-refractivity contribution is 14.1. The Morgan fingerprint density at radius 3 is 0.872 bits per heavy atom. The lowest BCUT2D eigenvalue weighted by Crippen LogP contribution is -2.09. The van der Waals surface area contributed by atoms with Crippen LogP contribution in [0.1, 0.15) is 271 Å². The molecule has 0 radical (unpaired) electrons. The van der Waals surface area contributed by atoms with Crippen LogP contribution >= 0.6 is 50.1 Å². The summed E-state index contributed by atoms with van der Waals surface area (Å²) in [6.45, 7) is 10.4. The maximum absolute atomic E-state index is 14.8. The van der Waals surface area contributed by atoms with Crippen molar-refractivity contribution in [3.63, 3.8) is 0 Å². The van der Waals surface area contributed by atoms with E-state index in [4.69, 9.17) is 58.6 Å². The maximum atomic E-state index is 14.8.